The minimum absolute atomic E-state index is 0.0844. The molecule has 1 heterocycles. The highest BCUT2D eigenvalue weighted by Gasteiger charge is 2.35. The number of hydrogen-bond donors (Lipinski definition) is 0. The summed E-state index contributed by atoms with van der Waals surface area (Å²) in [6.45, 7) is 4.77. The van der Waals surface area contributed by atoms with Crippen LogP contribution in [0.3, 0.4) is 0 Å². The van der Waals surface area contributed by atoms with Crippen LogP contribution in [0.2, 0.25) is 5.02 Å². The van der Waals surface area contributed by atoms with Gasteiger partial charge in [0.05, 0.1) is 10.6 Å². The van der Waals surface area contributed by atoms with Crippen molar-refractivity contribution in [3.8, 4) is 5.75 Å². The zero-order chi connectivity index (χ0) is 14.8. The minimum Gasteiger partial charge on any atom is -0.492 e. The molecule has 0 amide bonds. The van der Waals surface area contributed by atoms with Crippen molar-refractivity contribution in [1.82, 2.24) is 4.90 Å². The standard InChI is InChI=1S/C14H17ClF3NO/c1-10-8-11(9-12(15)13(10)14(16,17)18)20-7-6-19-4-2-3-5-19/h8-9H,2-7H2,1H3. The van der Waals surface area contributed by atoms with Crippen molar-refractivity contribution in [3.63, 3.8) is 0 Å². The van der Waals surface area contributed by atoms with Gasteiger partial charge in [-0.2, -0.15) is 13.2 Å². The Labute approximate surface area is 121 Å². The smallest absolute Gasteiger partial charge is 0.418 e. The van der Waals surface area contributed by atoms with Gasteiger partial charge >= 0.3 is 6.18 Å². The monoisotopic (exact) mass is 307 g/mol. The topological polar surface area (TPSA) is 12.5 Å². The highest BCUT2D eigenvalue weighted by atomic mass is 35.5. The number of halogens is 4. The lowest BCUT2D eigenvalue weighted by atomic mass is 10.1. The summed E-state index contributed by atoms with van der Waals surface area (Å²) in [5.41, 5.74) is -0.702. The van der Waals surface area contributed by atoms with Crippen LogP contribution >= 0.6 is 11.6 Å². The molecule has 6 heteroatoms. The molecule has 0 N–H and O–H groups in total. The molecule has 0 aliphatic carbocycles. The number of hydrogen-bond acceptors (Lipinski definition) is 2. The van der Waals surface area contributed by atoms with Crippen LogP contribution in [0.5, 0.6) is 5.75 Å². The van der Waals surface area contributed by atoms with Crippen LogP contribution in [0.25, 0.3) is 0 Å². The van der Waals surface area contributed by atoms with E-state index >= 15 is 0 Å². The normalized spacial score (nSPS) is 16.6. The summed E-state index contributed by atoms with van der Waals surface area (Å²) in [5, 5.41) is -0.311. The summed E-state index contributed by atoms with van der Waals surface area (Å²) in [6, 6.07) is 2.63. The van der Waals surface area contributed by atoms with E-state index in [-0.39, 0.29) is 10.6 Å². The fraction of sp³-hybridized carbons (Fsp3) is 0.571. The zero-order valence-electron chi connectivity index (χ0n) is 11.3. The summed E-state index contributed by atoms with van der Waals surface area (Å²) in [7, 11) is 0. The second-order valence-corrected chi connectivity index (χ2v) is 5.40. The molecule has 0 spiro atoms. The molecule has 1 aromatic rings. The number of alkyl halides is 3. The van der Waals surface area contributed by atoms with Gasteiger partial charge in [-0.15, -0.1) is 0 Å². The fourth-order valence-electron chi connectivity index (χ4n) is 2.45. The Morgan fingerprint density at radius 2 is 1.90 bits per heavy atom. The van der Waals surface area contributed by atoms with Crippen LogP contribution in [-0.4, -0.2) is 31.1 Å². The predicted molar refractivity (Wildman–Crippen MR) is 72.4 cm³/mol. The Morgan fingerprint density at radius 1 is 1.25 bits per heavy atom. The second-order valence-electron chi connectivity index (χ2n) is 4.99. The highest BCUT2D eigenvalue weighted by Crippen LogP contribution is 2.39. The Balaban J connectivity index is 1.99. The lowest BCUT2D eigenvalue weighted by Gasteiger charge is -2.17. The molecule has 1 aromatic carbocycles. The molecule has 1 saturated heterocycles. The number of rotatable bonds is 4. The Hall–Kier alpha value is -0.940. The lowest BCUT2D eigenvalue weighted by molar-refractivity contribution is -0.137. The van der Waals surface area contributed by atoms with Crippen molar-refractivity contribution in [1.29, 1.82) is 0 Å². The summed E-state index contributed by atoms with van der Waals surface area (Å²) in [5.74, 6) is 0.389. The van der Waals surface area contributed by atoms with Crippen molar-refractivity contribution in [2.75, 3.05) is 26.2 Å². The third kappa shape index (κ3) is 3.79. The van der Waals surface area contributed by atoms with E-state index in [4.69, 9.17) is 16.3 Å². The number of nitrogens with zero attached hydrogens (tertiary/aromatic N) is 1. The summed E-state index contributed by atoms with van der Waals surface area (Å²) >= 11 is 5.71. The van der Waals surface area contributed by atoms with Crippen LogP contribution < -0.4 is 4.74 Å². The van der Waals surface area contributed by atoms with Gasteiger partial charge in [0.2, 0.25) is 0 Å². The molecule has 1 fully saturated rings. The molecule has 20 heavy (non-hydrogen) atoms. The van der Waals surface area contributed by atoms with E-state index in [9.17, 15) is 13.2 Å². The summed E-state index contributed by atoms with van der Waals surface area (Å²) in [4.78, 5) is 2.28. The first-order valence-electron chi connectivity index (χ1n) is 6.60. The SMILES string of the molecule is Cc1cc(OCCN2CCCC2)cc(Cl)c1C(F)(F)F. The van der Waals surface area contributed by atoms with Crippen molar-refractivity contribution < 1.29 is 17.9 Å². The third-order valence-corrected chi connectivity index (χ3v) is 3.72. The predicted octanol–water partition coefficient (Wildman–Crippen LogP) is 4.14. The molecule has 0 unspecified atom stereocenters. The maximum atomic E-state index is 12.8. The van der Waals surface area contributed by atoms with E-state index in [0.717, 1.165) is 19.6 Å². The molecular formula is C14H17ClF3NO. The van der Waals surface area contributed by atoms with E-state index in [0.29, 0.717) is 12.4 Å². The average molecular weight is 308 g/mol. The molecule has 0 atom stereocenters. The molecule has 2 nitrogen and oxygen atoms in total. The van der Waals surface area contributed by atoms with Crippen LogP contribution in [0.4, 0.5) is 13.2 Å². The Bertz CT molecular complexity index is 447. The Kier molecular flexibility index (Phi) is 4.81. The molecule has 112 valence electrons. The summed E-state index contributed by atoms with van der Waals surface area (Å²) < 4.78 is 43.8. The van der Waals surface area contributed by atoms with E-state index < -0.39 is 11.7 Å². The summed E-state index contributed by atoms with van der Waals surface area (Å²) in [6.07, 6.45) is -2.04. The number of ether oxygens (including phenoxy) is 1. The third-order valence-electron chi connectivity index (χ3n) is 3.42. The number of aryl methyl sites for hydroxylation is 1. The van der Waals surface area contributed by atoms with Gasteiger partial charge in [-0.25, -0.2) is 0 Å². The van der Waals surface area contributed by atoms with Crippen LogP contribution in [0.15, 0.2) is 12.1 Å². The van der Waals surface area contributed by atoms with Crippen molar-refractivity contribution in [3.05, 3.63) is 28.3 Å². The first-order valence-corrected chi connectivity index (χ1v) is 6.98. The van der Waals surface area contributed by atoms with Gasteiger partial charge in [0, 0.05) is 6.54 Å². The molecule has 0 radical (unpaired) electrons. The number of likely N-dealkylation sites (tertiary alicyclic amines) is 1. The van der Waals surface area contributed by atoms with Crippen LogP contribution in [0, 0.1) is 6.92 Å². The number of benzene rings is 1. The van der Waals surface area contributed by atoms with Gasteiger partial charge in [0.25, 0.3) is 0 Å². The van der Waals surface area contributed by atoms with Gasteiger partial charge in [-0.3, -0.25) is 4.90 Å². The first-order chi connectivity index (χ1) is 9.38. The molecular weight excluding hydrogens is 291 g/mol. The average Bonchev–Trinajstić information content (AvgIpc) is 2.79. The zero-order valence-corrected chi connectivity index (χ0v) is 12.0. The van der Waals surface area contributed by atoms with Crippen molar-refractivity contribution in [2.24, 2.45) is 0 Å². The van der Waals surface area contributed by atoms with Gasteiger partial charge in [-0.1, -0.05) is 11.6 Å². The van der Waals surface area contributed by atoms with Crippen LogP contribution in [-0.2, 0) is 6.18 Å². The highest BCUT2D eigenvalue weighted by molar-refractivity contribution is 6.31. The lowest BCUT2D eigenvalue weighted by Crippen LogP contribution is -2.25. The van der Waals surface area contributed by atoms with E-state index in [1.165, 1.54) is 31.9 Å². The molecule has 0 bridgehead atoms. The second kappa shape index (κ2) is 6.22. The molecule has 2 rings (SSSR count). The largest absolute Gasteiger partial charge is 0.492 e. The molecule has 0 saturated carbocycles. The molecule has 1 aliphatic rings. The van der Waals surface area contributed by atoms with Gasteiger partial charge < -0.3 is 4.74 Å². The minimum atomic E-state index is -4.44. The van der Waals surface area contributed by atoms with Gasteiger partial charge in [0.1, 0.15) is 12.4 Å². The Morgan fingerprint density at radius 3 is 2.45 bits per heavy atom. The maximum Gasteiger partial charge on any atom is 0.418 e. The molecule has 1 aliphatic heterocycles. The molecule has 0 aromatic heterocycles. The van der Waals surface area contributed by atoms with E-state index in [1.807, 2.05) is 0 Å². The fourth-order valence-corrected chi connectivity index (χ4v) is 2.82. The van der Waals surface area contributed by atoms with Crippen molar-refractivity contribution in [2.45, 2.75) is 25.9 Å². The van der Waals surface area contributed by atoms with Gasteiger partial charge in [-0.05, 0) is 50.6 Å². The quantitative estimate of drug-likeness (QED) is 0.829. The van der Waals surface area contributed by atoms with Gasteiger partial charge in [0.15, 0.2) is 0 Å². The maximum absolute atomic E-state index is 12.8. The first kappa shape index (κ1) is 15.4. The van der Waals surface area contributed by atoms with E-state index in [2.05, 4.69) is 4.90 Å². The van der Waals surface area contributed by atoms with E-state index in [1.54, 1.807) is 0 Å². The van der Waals surface area contributed by atoms with Crippen LogP contribution in [0.1, 0.15) is 24.0 Å². The van der Waals surface area contributed by atoms with Crippen molar-refractivity contribution >= 4 is 11.6 Å².